The van der Waals surface area contributed by atoms with E-state index in [0.29, 0.717) is 18.3 Å². The summed E-state index contributed by atoms with van der Waals surface area (Å²) in [6.07, 6.45) is 6.01. The molecule has 2 aliphatic heterocycles. The summed E-state index contributed by atoms with van der Waals surface area (Å²) < 4.78 is 24.2. The molecule has 0 aromatic heterocycles. The SMILES string of the molecule is CC[C@H](CC(=O)OC1CC[C@]2(CO2)C(C2(C)O[C@@H]2CC=C(C)C)C1OC)C(C)C. The summed E-state index contributed by atoms with van der Waals surface area (Å²) in [5.41, 5.74) is 0.828. The Hall–Kier alpha value is -0.910. The summed E-state index contributed by atoms with van der Waals surface area (Å²) in [6, 6.07) is 0. The molecule has 0 aromatic carbocycles. The second-order valence-corrected chi connectivity index (χ2v) is 10.0. The fourth-order valence-electron chi connectivity index (χ4n) is 5.35. The molecule has 29 heavy (non-hydrogen) atoms. The van der Waals surface area contributed by atoms with E-state index in [2.05, 4.69) is 47.6 Å². The minimum absolute atomic E-state index is 0.0779. The van der Waals surface area contributed by atoms with Gasteiger partial charge < -0.3 is 18.9 Å². The molecule has 0 bridgehead atoms. The predicted molar refractivity (Wildman–Crippen MR) is 113 cm³/mol. The number of hydrogen-bond acceptors (Lipinski definition) is 5. The molecule has 0 aromatic rings. The number of carbonyl (C=O) groups excluding carboxylic acids is 1. The largest absolute Gasteiger partial charge is 0.460 e. The van der Waals surface area contributed by atoms with Gasteiger partial charge in [0.15, 0.2) is 0 Å². The standard InChI is InChI=1S/C24H40O5/c1-8-17(16(4)5)13-20(25)28-18-11-12-24(14-27-24)22(21(18)26-7)23(6)19(29-23)10-9-15(2)3/h9,16-19,21-22H,8,10-14H2,1-7H3/t17-,18?,19-,21?,22?,23?,24+/m1/s1. The van der Waals surface area contributed by atoms with Crippen LogP contribution in [0.5, 0.6) is 0 Å². The van der Waals surface area contributed by atoms with Crippen molar-refractivity contribution in [2.75, 3.05) is 13.7 Å². The third-order valence-corrected chi connectivity index (χ3v) is 7.42. The molecule has 2 saturated heterocycles. The number of allylic oxidation sites excluding steroid dienone is 1. The molecule has 1 spiro atoms. The van der Waals surface area contributed by atoms with Crippen LogP contribution in [0, 0.1) is 17.8 Å². The fourth-order valence-corrected chi connectivity index (χ4v) is 5.35. The van der Waals surface area contributed by atoms with E-state index in [9.17, 15) is 4.79 Å². The van der Waals surface area contributed by atoms with E-state index in [0.717, 1.165) is 32.3 Å². The highest BCUT2D eigenvalue weighted by molar-refractivity contribution is 5.70. The van der Waals surface area contributed by atoms with Gasteiger partial charge in [0, 0.05) is 13.5 Å². The van der Waals surface area contributed by atoms with Crippen LogP contribution in [0.15, 0.2) is 11.6 Å². The zero-order chi connectivity index (χ0) is 21.4. The van der Waals surface area contributed by atoms with Gasteiger partial charge in [0.2, 0.25) is 0 Å². The van der Waals surface area contributed by atoms with Crippen LogP contribution < -0.4 is 0 Å². The molecule has 0 amide bonds. The number of epoxide rings is 2. The van der Waals surface area contributed by atoms with Crippen molar-refractivity contribution in [2.24, 2.45) is 17.8 Å². The summed E-state index contributed by atoms with van der Waals surface area (Å²) in [7, 11) is 1.72. The number of rotatable bonds is 9. The maximum absolute atomic E-state index is 12.7. The quantitative estimate of drug-likeness (QED) is 0.315. The maximum atomic E-state index is 12.7. The van der Waals surface area contributed by atoms with Gasteiger partial charge in [-0.3, -0.25) is 4.79 Å². The van der Waals surface area contributed by atoms with Gasteiger partial charge in [0.05, 0.1) is 18.6 Å². The highest BCUT2D eigenvalue weighted by Gasteiger charge is 2.72. The Morgan fingerprint density at radius 2 is 2.00 bits per heavy atom. The van der Waals surface area contributed by atoms with E-state index in [1.54, 1.807) is 7.11 Å². The van der Waals surface area contributed by atoms with E-state index >= 15 is 0 Å². The predicted octanol–water partition coefficient (Wildman–Crippen LogP) is 4.68. The average Bonchev–Trinajstić information content (AvgIpc) is 3.57. The molecule has 2 heterocycles. The summed E-state index contributed by atoms with van der Waals surface area (Å²) in [6.45, 7) is 13.6. The Labute approximate surface area is 176 Å². The van der Waals surface area contributed by atoms with Gasteiger partial charge in [0.25, 0.3) is 0 Å². The molecule has 0 radical (unpaired) electrons. The third-order valence-electron chi connectivity index (χ3n) is 7.42. The second kappa shape index (κ2) is 8.68. The van der Waals surface area contributed by atoms with E-state index in [1.165, 1.54) is 5.57 Å². The lowest BCUT2D eigenvalue weighted by Gasteiger charge is -2.42. The van der Waals surface area contributed by atoms with Crippen molar-refractivity contribution in [3.63, 3.8) is 0 Å². The van der Waals surface area contributed by atoms with Crippen LogP contribution in [-0.2, 0) is 23.7 Å². The Kier molecular flexibility index (Phi) is 6.82. The van der Waals surface area contributed by atoms with Crippen molar-refractivity contribution in [1.29, 1.82) is 0 Å². The van der Waals surface area contributed by atoms with Crippen LogP contribution >= 0.6 is 0 Å². The van der Waals surface area contributed by atoms with Crippen LogP contribution in [0.4, 0.5) is 0 Å². The van der Waals surface area contributed by atoms with Gasteiger partial charge in [-0.1, -0.05) is 38.8 Å². The topological polar surface area (TPSA) is 60.6 Å². The first kappa shape index (κ1) is 22.8. The van der Waals surface area contributed by atoms with Crippen molar-refractivity contribution in [3.8, 4) is 0 Å². The van der Waals surface area contributed by atoms with Gasteiger partial charge in [-0.2, -0.15) is 0 Å². The Morgan fingerprint density at radius 3 is 2.52 bits per heavy atom. The first-order chi connectivity index (χ1) is 13.7. The molecular formula is C24H40O5. The lowest BCUT2D eigenvalue weighted by Crippen LogP contribution is -2.55. The van der Waals surface area contributed by atoms with Gasteiger partial charge in [-0.25, -0.2) is 0 Å². The minimum atomic E-state index is -0.294. The molecule has 166 valence electrons. The first-order valence-electron chi connectivity index (χ1n) is 11.3. The minimum Gasteiger partial charge on any atom is -0.460 e. The van der Waals surface area contributed by atoms with Crippen molar-refractivity contribution < 1.29 is 23.7 Å². The van der Waals surface area contributed by atoms with Gasteiger partial charge in [-0.15, -0.1) is 0 Å². The normalized spacial score (nSPS) is 39.3. The summed E-state index contributed by atoms with van der Waals surface area (Å²) in [5, 5.41) is 0. The molecule has 1 aliphatic carbocycles. The average molecular weight is 409 g/mol. The van der Waals surface area contributed by atoms with Crippen LogP contribution in [0.2, 0.25) is 0 Å². The molecule has 0 N–H and O–H groups in total. The van der Waals surface area contributed by atoms with Crippen molar-refractivity contribution in [1.82, 2.24) is 0 Å². The highest BCUT2D eigenvalue weighted by Crippen LogP contribution is 2.59. The summed E-state index contributed by atoms with van der Waals surface area (Å²) in [5.74, 6) is 0.808. The van der Waals surface area contributed by atoms with Gasteiger partial charge in [-0.05, 0) is 51.9 Å². The Bertz CT molecular complexity index is 619. The smallest absolute Gasteiger partial charge is 0.306 e. The molecule has 3 fully saturated rings. The third kappa shape index (κ3) is 4.72. The number of ether oxygens (including phenoxy) is 4. The molecule has 5 nitrogen and oxygen atoms in total. The molecule has 3 aliphatic rings. The van der Waals surface area contributed by atoms with Gasteiger partial charge >= 0.3 is 5.97 Å². The highest BCUT2D eigenvalue weighted by atomic mass is 16.6. The molecule has 3 rings (SSSR count). The van der Waals surface area contributed by atoms with Crippen LogP contribution in [0.25, 0.3) is 0 Å². The van der Waals surface area contributed by atoms with Crippen LogP contribution in [-0.4, -0.2) is 49.2 Å². The Morgan fingerprint density at radius 1 is 1.31 bits per heavy atom. The van der Waals surface area contributed by atoms with E-state index in [1.807, 2.05) is 0 Å². The fraction of sp³-hybridized carbons (Fsp3) is 0.875. The van der Waals surface area contributed by atoms with Crippen molar-refractivity contribution >= 4 is 5.97 Å². The molecular weight excluding hydrogens is 368 g/mol. The zero-order valence-corrected chi connectivity index (χ0v) is 19.3. The van der Waals surface area contributed by atoms with E-state index in [4.69, 9.17) is 18.9 Å². The zero-order valence-electron chi connectivity index (χ0n) is 19.3. The van der Waals surface area contributed by atoms with E-state index in [-0.39, 0.29) is 41.4 Å². The number of hydrogen-bond donors (Lipinski definition) is 0. The lowest BCUT2D eigenvalue weighted by atomic mass is 9.68. The van der Waals surface area contributed by atoms with Crippen molar-refractivity contribution in [3.05, 3.63) is 11.6 Å². The molecule has 5 heteroatoms. The number of esters is 1. The molecule has 1 saturated carbocycles. The Balaban J connectivity index is 1.70. The number of methoxy groups -OCH3 is 1. The number of carbonyl (C=O) groups is 1. The van der Waals surface area contributed by atoms with Crippen molar-refractivity contribution in [2.45, 2.75) is 103 Å². The first-order valence-corrected chi connectivity index (χ1v) is 11.3. The maximum Gasteiger partial charge on any atom is 0.306 e. The second-order valence-electron chi connectivity index (χ2n) is 10.0. The van der Waals surface area contributed by atoms with Gasteiger partial charge in [0.1, 0.15) is 23.4 Å². The van der Waals surface area contributed by atoms with Crippen LogP contribution in [0.3, 0.4) is 0 Å². The lowest BCUT2D eigenvalue weighted by molar-refractivity contribution is -0.173. The molecule has 4 unspecified atom stereocenters. The van der Waals surface area contributed by atoms with E-state index < -0.39 is 0 Å². The summed E-state index contributed by atoms with van der Waals surface area (Å²) >= 11 is 0. The summed E-state index contributed by atoms with van der Waals surface area (Å²) in [4.78, 5) is 12.7. The molecule has 7 atom stereocenters. The monoisotopic (exact) mass is 408 g/mol. The van der Waals surface area contributed by atoms with Crippen LogP contribution in [0.1, 0.15) is 73.6 Å².